The zero-order chi connectivity index (χ0) is 21.6. The molecule has 0 saturated heterocycles. The zero-order valence-corrected chi connectivity index (χ0v) is 17.1. The number of hydrogen-bond donors (Lipinski definition) is 0. The Balaban J connectivity index is 2.00. The van der Waals surface area contributed by atoms with Gasteiger partial charge in [0.2, 0.25) is 0 Å². The minimum absolute atomic E-state index is 0.363. The van der Waals surface area contributed by atoms with Crippen molar-refractivity contribution in [2.24, 2.45) is 0 Å². The fourth-order valence-electron chi connectivity index (χ4n) is 3.49. The van der Waals surface area contributed by atoms with Gasteiger partial charge in [0.15, 0.2) is 0 Å². The van der Waals surface area contributed by atoms with Gasteiger partial charge in [-0.25, -0.2) is 4.98 Å². The van der Waals surface area contributed by atoms with E-state index in [1.54, 1.807) is 30.6 Å². The van der Waals surface area contributed by atoms with Gasteiger partial charge in [-0.05, 0) is 59.7 Å². The number of pyridine rings is 2. The van der Waals surface area contributed by atoms with Gasteiger partial charge >= 0.3 is 0 Å². The van der Waals surface area contributed by atoms with E-state index in [9.17, 15) is 10.5 Å². The second-order valence-corrected chi connectivity index (χ2v) is 7.16. The number of aromatic nitrogens is 2. The predicted octanol–water partition coefficient (Wildman–Crippen LogP) is 5.80. The van der Waals surface area contributed by atoms with Crippen LogP contribution < -0.4 is 4.90 Å². The predicted molar refractivity (Wildman–Crippen MR) is 120 cm³/mol. The summed E-state index contributed by atoms with van der Waals surface area (Å²) in [6.45, 7) is 0. The van der Waals surface area contributed by atoms with E-state index < -0.39 is 0 Å². The maximum Gasteiger partial charge on any atom is 0.135 e. The summed E-state index contributed by atoms with van der Waals surface area (Å²) < 4.78 is 0. The van der Waals surface area contributed by atoms with Crippen LogP contribution in [-0.2, 0) is 0 Å². The third-order valence-electron chi connectivity index (χ3n) is 4.79. The Bertz CT molecular complexity index is 1230. The Morgan fingerprint density at radius 1 is 0.806 bits per heavy atom. The highest BCUT2D eigenvalue weighted by atomic mass is 35.5. The first kappa shape index (κ1) is 20.1. The number of hydrogen-bond acceptors (Lipinski definition) is 5. The van der Waals surface area contributed by atoms with Crippen LogP contribution in [0, 0.1) is 22.7 Å². The summed E-state index contributed by atoms with van der Waals surface area (Å²) in [6, 6.07) is 28.1. The van der Waals surface area contributed by atoms with Crippen molar-refractivity contribution in [2.75, 3.05) is 4.90 Å². The second kappa shape index (κ2) is 9.09. The van der Waals surface area contributed by atoms with Crippen LogP contribution in [0.25, 0.3) is 0 Å². The minimum Gasteiger partial charge on any atom is -0.313 e. The van der Waals surface area contributed by atoms with Gasteiger partial charge in [-0.15, -0.1) is 0 Å². The fraction of sp³-hybridized carbons (Fsp3) is 0.0400. The van der Waals surface area contributed by atoms with Crippen molar-refractivity contribution in [1.82, 2.24) is 9.97 Å². The zero-order valence-electron chi connectivity index (χ0n) is 16.4. The summed E-state index contributed by atoms with van der Waals surface area (Å²) in [5.74, 6) is 0.621. The summed E-state index contributed by atoms with van der Waals surface area (Å²) >= 11 is 6.23. The lowest BCUT2D eigenvalue weighted by atomic mass is 9.94. The van der Waals surface area contributed by atoms with E-state index in [4.69, 9.17) is 11.6 Å². The molecule has 0 unspecified atom stereocenters. The number of benzene rings is 2. The summed E-state index contributed by atoms with van der Waals surface area (Å²) in [5, 5.41) is 19.3. The topological polar surface area (TPSA) is 76.6 Å². The van der Waals surface area contributed by atoms with Gasteiger partial charge in [0.25, 0.3) is 0 Å². The normalized spacial score (nSPS) is 10.3. The molecule has 0 aliphatic carbocycles. The van der Waals surface area contributed by atoms with Crippen molar-refractivity contribution in [3.8, 4) is 12.1 Å². The van der Waals surface area contributed by atoms with Crippen molar-refractivity contribution < 1.29 is 0 Å². The molecular formula is C25H16ClN5. The van der Waals surface area contributed by atoms with Crippen molar-refractivity contribution in [3.05, 3.63) is 119 Å². The molecule has 2 aromatic heterocycles. The summed E-state index contributed by atoms with van der Waals surface area (Å²) in [4.78, 5) is 10.8. The van der Waals surface area contributed by atoms with Gasteiger partial charge < -0.3 is 4.90 Å². The van der Waals surface area contributed by atoms with E-state index in [1.165, 1.54) is 0 Å². The molecule has 148 valence electrons. The Morgan fingerprint density at radius 2 is 1.45 bits per heavy atom. The van der Waals surface area contributed by atoms with Crippen molar-refractivity contribution in [3.63, 3.8) is 0 Å². The van der Waals surface area contributed by atoms with E-state index in [0.29, 0.717) is 22.1 Å². The quantitative estimate of drug-likeness (QED) is 0.380. The fourth-order valence-corrected chi connectivity index (χ4v) is 3.65. The first-order valence-electron chi connectivity index (χ1n) is 9.51. The molecule has 0 N–H and O–H groups in total. The molecule has 0 bridgehead atoms. The smallest absolute Gasteiger partial charge is 0.135 e. The highest BCUT2D eigenvalue weighted by molar-refractivity contribution is 6.29. The number of anilines is 2. The van der Waals surface area contributed by atoms with Gasteiger partial charge in [0.05, 0.1) is 41.2 Å². The number of nitriles is 2. The molecule has 2 heterocycles. The average Bonchev–Trinajstić information content (AvgIpc) is 2.83. The average molecular weight is 422 g/mol. The van der Waals surface area contributed by atoms with Gasteiger partial charge in [-0.1, -0.05) is 41.9 Å². The number of halogens is 1. The van der Waals surface area contributed by atoms with E-state index >= 15 is 0 Å². The molecule has 0 aliphatic heterocycles. The molecule has 0 fully saturated rings. The maximum absolute atomic E-state index is 9.46. The SMILES string of the molecule is N#Cc1cccc(C(c2cccc(C#N)c2)N(c2cccnc2)c2cccc(Cl)n2)c1. The van der Waals surface area contributed by atoms with Crippen LogP contribution in [0.3, 0.4) is 0 Å². The number of nitrogens with zero attached hydrogens (tertiary/aromatic N) is 5. The molecule has 0 amide bonds. The molecule has 0 radical (unpaired) electrons. The van der Waals surface area contributed by atoms with Gasteiger partial charge in [0, 0.05) is 6.20 Å². The van der Waals surface area contributed by atoms with E-state index in [2.05, 4.69) is 22.1 Å². The Morgan fingerprint density at radius 3 is 2.00 bits per heavy atom. The van der Waals surface area contributed by atoms with E-state index in [0.717, 1.165) is 16.8 Å². The molecule has 4 rings (SSSR count). The third kappa shape index (κ3) is 4.38. The molecule has 5 nitrogen and oxygen atoms in total. The molecule has 2 aromatic carbocycles. The number of rotatable bonds is 5. The lowest BCUT2D eigenvalue weighted by Gasteiger charge is -2.33. The second-order valence-electron chi connectivity index (χ2n) is 6.78. The minimum atomic E-state index is -0.378. The van der Waals surface area contributed by atoms with Crippen molar-refractivity contribution in [2.45, 2.75) is 6.04 Å². The van der Waals surface area contributed by atoms with Crippen molar-refractivity contribution >= 4 is 23.1 Å². The molecule has 6 heteroatoms. The first-order valence-corrected chi connectivity index (χ1v) is 9.89. The molecule has 0 saturated carbocycles. The monoisotopic (exact) mass is 421 g/mol. The molecule has 0 aliphatic rings. The van der Waals surface area contributed by atoms with Crippen LogP contribution in [0.1, 0.15) is 28.3 Å². The van der Waals surface area contributed by atoms with Crippen LogP contribution in [-0.4, -0.2) is 9.97 Å². The largest absolute Gasteiger partial charge is 0.313 e. The van der Waals surface area contributed by atoms with E-state index in [-0.39, 0.29) is 6.04 Å². The van der Waals surface area contributed by atoms with Crippen LogP contribution in [0.4, 0.5) is 11.5 Å². The highest BCUT2D eigenvalue weighted by Gasteiger charge is 2.26. The lowest BCUT2D eigenvalue weighted by molar-refractivity contribution is 0.803. The molecule has 0 atom stereocenters. The summed E-state index contributed by atoms with van der Waals surface area (Å²) in [7, 11) is 0. The lowest BCUT2D eigenvalue weighted by Crippen LogP contribution is -2.26. The van der Waals surface area contributed by atoms with Crippen LogP contribution in [0.5, 0.6) is 0 Å². The Hall–Kier alpha value is -4.19. The molecule has 31 heavy (non-hydrogen) atoms. The van der Waals surface area contributed by atoms with Gasteiger partial charge in [-0.3, -0.25) is 4.98 Å². The van der Waals surface area contributed by atoms with Crippen LogP contribution in [0.15, 0.2) is 91.3 Å². The highest BCUT2D eigenvalue weighted by Crippen LogP contribution is 2.38. The maximum atomic E-state index is 9.46. The first-order chi connectivity index (χ1) is 15.2. The van der Waals surface area contributed by atoms with Crippen molar-refractivity contribution in [1.29, 1.82) is 10.5 Å². The molecule has 4 aromatic rings. The summed E-state index contributed by atoms with van der Waals surface area (Å²) in [5.41, 5.74) is 3.64. The van der Waals surface area contributed by atoms with Gasteiger partial charge in [-0.2, -0.15) is 10.5 Å². The Labute approximate surface area is 185 Å². The van der Waals surface area contributed by atoms with Crippen LogP contribution >= 0.6 is 11.6 Å². The standard InChI is InChI=1S/C25H16ClN5/c26-23-10-3-11-24(30-23)31(22-9-4-12-29-17-22)25(20-7-1-5-18(13-20)15-27)21-8-2-6-19(14-21)16-28/h1-14,17,25H. The van der Waals surface area contributed by atoms with Gasteiger partial charge in [0.1, 0.15) is 11.0 Å². The van der Waals surface area contributed by atoms with E-state index in [1.807, 2.05) is 65.6 Å². The molecule has 0 spiro atoms. The third-order valence-corrected chi connectivity index (χ3v) is 5.00. The van der Waals surface area contributed by atoms with Crippen LogP contribution in [0.2, 0.25) is 5.15 Å². The Kier molecular flexibility index (Phi) is 5.89. The summed E-state index contributed by atoms with van der Waals surface area (Å²) in [6.07, 6.45) is 3.45. The molecular weight excluding hydrogens is 406 g/mol.